The third-order valence-corrected chi connectivity index (χ3v) is 2.06. The molecule has 0 rings (SSSR count). The van der Waals surface area contributed by atoms with E-state index in [9.17, 15) is 0 Å². The summed E-state index contributed by atoms with van der Waals surface area (Å²) in [5, 5.41) is 3.29. The molecule has 10 heavy (non-hydrogen) atoms. The number of nitrogens with one attached hydrogen (secondary N) is 1. The number of rotatable bonds is 5. The van der Waals surface area contributed by atoms with Crippen LogP contribution in [-0.4, -0.2) is 13.1 Å². The lowest BCUT2D eigenvalue weighted by molar-refractivity contribution is 0.396. The Balaban J connectivity index is 3.56. The van der Waals surface area contributed by atoms with Crippen molar-refractivity contribution in [3.63, 3.8) is 0 Å². The fourth-order valence-electron chi connectivity index (χ4n) is 1.21. The summed E-state index contributed by atoms with van der Waals surface area (Å²) in [5.41, 5.74) is 0. The summed E-state index contributed by atoms with van der Waals surface area (Å²) in [4.78, 5) is 0. The predicted molar refractivity (Wildman–Crippen MR) is 46.9 cm³/mol. The van der Waals surface area contributed by atoms with E-state index in [0.29, 0.717) is 12.0 Å². The molecule has 2 atom stereocenters. The molecule has 0 fully saturated rings. The molecule has 0 saturated heterocycles. The van der Waals surface area contributed by atoms with Gasteiger partial charge in [-0.3, -0.25) is 0 Å². The Hall–Kier alpha value is -0.0400. The van der Waals surface area contributed by atoms with Crippen LogP contribution in [0.15, 0.2) is 0 Å². The molecule has 2 unspecified atom stereocenters. The first-order valence-corrected chi connectivity index (χ1v) is 4.26. The number of hydrogen-bond acceptors (Lipinski definition) is 1. The average Bonchev–Trinajstić information content (AvgIpc) is 1.99. The van der Waals surface area contributed by atoms with Crippen molar-refractivity contribution in [2.24, 2.45) is 5.92 Å². The van der Waals surface area contributed by atoms with Gasteiger partial charge in [0, 0.05) is 6.04 Å². The van der Waals surface area contributed by atoms with Gasteiger partial charge in [0.15, 0.2) is 0 Å². The van der Waals surface area contributed by atoms with Crippen molar-refractivity contribution in [3.05, 3.63) is 6.92 Å². The van der Waals surface area contributed by atoms with Crippen molar-refractivity contribution >= 4 is 0 Å². The van der Waals surface area contributed by atoms with Crippen LogP contribution in [0.4, 0.5) is 0 Å². The van der Waals surface area contributed by atoms with E-state index in [4.69, 9.17) is 0 Å². The Kier molecular flexibility index (Phi) is 5.70. The van der Waals surface area contributed by atoms with Crippen LogP contribution in [0.5, 0.6) is 0 Å². The maximum atomic E-state index is 4.08. The monoisotopic (exact) mass is 142 g/mol. The summed E-state index contributed by atoms with van der Waals surface area (Å²) < 4.78 is 0. The molecule has 0 aromatic carbocycles. The maximum Gasteiger partial charge on any atom is 0.00921 e. The van der Waals surface area contributed by atoms with Crippen LogP contribution in [0.2, 0.25) is 0 Å². The predicted octanol–water partition coefficient (Wildman–Crippen LogP) is 2.23. The largest absolute Gasteiger partial charge is 0.317 e. The summed E-state index contributed by atoms with van der Waals surface area (Å²) in [6, 6.07) is 0.620. The van der Waals surface area contributed by atoms with E-state index in [1.54, 1.807) is 0 Å². The first kappa shape index (κ1) is 9.96. The SMILES string of the molecule is [CH2]C(CC)C(CCC)NC. The lowest BCUT2D eigenvalue weighted by Crippen LogP contribution is -2.31. The van der Waals surface area contributed by atoms with E-state index in [1.807, 2.05) is 7.05 Å². The first-order valence-electron chi connectivity index (χ1n) is 4.26. The van der Waals surface area contributed by atoms with Crippen molar-refractivity contribution in [2.45, 2.75) is 39.2 Å². The van der Waals surface area contributed by atoms with Gasteiger partial charge < -0.3 is 5.32 Å². The zero-order chi connectivity index (χ0) is 7.98. The van der Waals surface area contributed by atoms with Gasteiger partial charge in [-0.05, 0) is 26.3 Å². The lowest BCUT2D eigenvalue weighted by Gasteiger charge is -2.21. The summed E-state index contributed by atoms with van der Waals surface area (Å²) in [6.45, 7) is 8.49. The molecule has 0 saturated carbocycles. The van der Waals surface area contributed by atoms with E-state index in [2.05, 4.69) is 26.1 Å². The van der Waals surface area contributed by atoms with Crippen molar-refractivity contribution in [1.82, 2.24) is 5.32 Å². The Morgan fingerprint density at radius 3 is 2.30 bits per heavy atom. The molecule has 1 nitrogen and oxygen atoms in total. The summed E-state index contributed by atoms with van der Waals surface area (Å²) in [5.74, 6) is 0.574. The number of hydrogen-bond donors (Lipinski definition) is 1. The Labute approximate surface area is 65.2 Å². The Morgan fingerprint density at radius 2 is 2.00 bits per heavy atom. The first-order chi connectivity index (χ1) is 4.76. The van der Waals surface area contributed by atoms with Crippen LogP contribution in [0.3, 0.4) is 0 Å². The highest BCUT2D eigenvalue weighted by molar-refractivity contribution is 4.74. The third-order valence-electron chi connectivity index (χ3n) is 2.06. The molecule has 0 heterocycles. The van der Waals surface area contributed by atoms with Crippen molar-refractivity contribution < 1.29 is 0 Å². The molecule has 1 heteroatoms. The van der Waals surface area contributed by atoms with E-state index in [-0.39, 0.29) is 0 Å². The molecule has 1 N–H and O–H groups in total. The zero-order valence-corrected chi connectivity index (χ0v) is 7.48. The molecule has 0 amide bonds. The second kappa shape index (κ2) is 5.72. The molecular weight excluding hydrogens is 122 g/mol. The molecule has 0 spiro atoms. The van der Waals surface area contributed by atoms with Crippen molar-refractivity contribution in [3.8, 4) is 0 Å². The minimum Gasteiger partial charge on any atom is -0.317 e. The molecule has 0 aromatic heterocycles. The normalized spacial score (nSPS) is 16.8. The van der Waals surface area contributed by atoms with Crippen LogP contribution in [0, 0.1) is 12.8 Å². The Bertz CT molecular complexity index is 71.1. The molecule has 0 bridgehead atoms. The van der Waals surface area contributed by atoms with Crippen LogP contribution in [0.1, 0.15) is 33.1 Å². The van der Waals surface area contributed by atoms with Crippen molar-refractivity contribution in [1.29, 1.82) is 0 Å². The van der Waals surface area contributed by atoms with Gasteiger partial charge >= 0.3 is 0 Å². The molecular formula is C9H20N. The summed E-state index contributed by atoms with van der Waals surface area (Å²) >= 11 is 0. The highest BCUT2D eigenvalue weighted by Gasteiger charge is 2.11. The fourth-order valence-corrected chi connectivity index (χ4v) is 1.21. The minimum atomic E-state index is 0.574. The molecule has 1 radical (unpaired) electrons. The lowest BCUT2D eigenvalue weighted by atomic mass is 9.96. The highest BCUT2D eigenvalue weighted by Crippen LogP contribution is 2.11. The van der Waals surface area contributed by atoms with Crippen LogP contribution < -0.4 is 5.32 Å². The maximum absolute atomic E-state index is 4.08. The van der Waals surface area contributed by atoms with Gasteiger partial charge in [-0.1, -0.05) is 26.7 Å². The smallest absolute Gasteiger partial charge is 0.00921 e. The van der Waals surface area contributed by atoms with E-state index in [0.717, 1.165) is 0 Å². The van der Waals surface area contributed by atoms with E-state index < -0.39 is 0 Å². The molecule has 0 aliphatic heterocycles. The summed E-state index contributed by atoms with van der Waals surface area (Å²) in [6.07, 6.45) is 3.67. The molecule has 0 aromatic rings. The standard InChI is InChI=1S/C9H20N/c1-5-7-9(10-4)8(3)6-2/h8-10H,3,5-7H2,1-2,4H3. The van der Waals surface area contributed by atoms with Gasteiger partial charge in [0.2, 0.25) is 0 Å². The van der Waals surface area contributed by atoms with Gasteiger partial charge in [-0.25, -0.2) is 0 Å². The van der Waals surface area contributed by atoms with E-state index in [1.165, 1.54) is 19.3 Å². The molecule has 0 aliphatic carbocycles. The third kappa shape index (κ3) is 3.21. The van der Waals surface area contributed by atoms with Crippen LogP contribution in [-0.2, 0) is 0 Å². The highest BCUT2D eigenvalue weighted by atomic mass is 14.9. The second-order valence-electron chi connectivity index (χ2n) is 2.85. The van der Waals surface area contributed by atoms with Gasteiger partial charge in [0.1, 0.15) is 0 Å². The summed E-state index contributed by atoms with van der Waals surface area (Å²) in [7, 11) is 2.02. The minimum absolute atomic E-state index is 0.574. The zero-order valence-electron chi connectivity index (χ0n) is 7.48. The van der Waals surface area contributed by atoms with Crippen LogP contribution >= 0.6 is 0 Å². The molecule has 61 valence electrons. The average molecular weight is 142 g/mol. The quantitative estimate of drug-likeness (QED) is 0.620. The van der Waals surface area contributed by atoms with Crippen LogP contribution in [0.25, 0.3) is 0 Å². The van der Waals surface area contributed by atoms with Gasteiger partial charge in [-0.15, -0.1) is 0 Å². The van der Waals surface area contributed by atoms with E-state index >= 15 is 0 Å². The topological polar surface area (TPSA) is 12.0 Å². The Morgan fingerprint density at radius 1 is 1.40 bits per heavy atom. The molecule has 0 aliphatic rings. The van der Waals surface area contributed by atoms with Gasteiger partial charge in [0.05, 0.1) is 0 Å². The van der Waals surface area contributed by atoms with Gasteiger partial charge in [-0.2, -0.15) is 0 Å². The second-order valence-corrected chi connectivity index (χ2v) is 2.85. The fraction of sp³-hybridized carbons (Fsp3) is 0.889. The van der Waals surface area contributed by atoms with Gasteiger partial charge in [0.25, 0.3) is 0 Å². The van der Waals surface area contributed by atoms with Crippen molar-refractivity contribution in [2.75, 3.05) is 7.05 Å².